The quantitative estimate of drug-likeness (QED) is 0.437. The number of ether oxygens (including phenoxy) is 1. The van der Waals surface area contributed by atoms with Crippen LogP contribution in [0.2, 0.25) is 0 Å². The molecule has 24 heavy (non-hydrogen) atoms. The van der Waals surface area contributed by atoms with Crippen molar-refractivity contribution in [2.45, 2.75) is 45.6 Å². The smallest absolute Gasteiger partial charge is 0.194 e. The van der Waals surface area contributed by atoms with E-state index in [-0.39, 0.29) is 24.0 Å². The van der Waals surface area contributed by atoms with Crippen LogP contribution in [0.15, 0.2) is 27.8 Å². The first-order valence-corrected chi connectivity index (χ1v) is 8.83. The third-order valence-corrected chi connectivity index (χ3v) is 4.91. The zero-order valence-electron chi connectivity index (χ0n) is 14.8. The molecular weight excluding hydrogens is 417 g/mol. The van der Waals surface area contributed by atoms with Crippen molar-refractivity contribution in [1.82, 2.24) is 10.2 Å². The van der Waals surface area contributed by atoms with Gasteiger partial charge in [-0.15, -0.1) is 24.0 Å². The predicted octanol–water partition coefficient (Wildman–Crippen LogP) is 3.30. The lowest BCUT2D eigenvalue weighted by atomic mass is 9.80. The summed E-state index contributed by atoms with van der Waals surface area (Å²) in [6.45, 7) is 9.13. The SMILES string of the molecule is CC(C)NC(=NCCc1ccco1)N1CCC2(CCOCC2)C1.I. The fourth-order valence-corrected chi connectivity index (χ4v) is 3.55. The van der Waals surface area contributed by atoms with Gasteiger partial charge in [0.15, 0.2) is 5.96 Å². The van der Waals surface area contributed by atoms with Crippen molar-refractivity contribution in [2.75, 3.05) is 32.8 Å². The predicted molar refractivity (Wildman–Crippen MR) is 107 cm³/mol. The summed E-state index contributed by atoms with van der Waals surface area (Å²) in [4.78, 5) is 7.28. The van der Waals surface area contributed by atoms with E-state index in [1.807, 2.05) is 12.1 Å². The molecule has 1 N–H and O–H groups in total. The summed E-state index contributed by atoms with van der Waals surface area (Å²) in [6, 6.07) is 4.34. The van der Waals surface area contributed by atoms with E-state index in [0.717, 1.165) is 51.0 Å². The first-order chi connectivity index (χ1) is 11.2. The number of rotatable bonds is 4. The van der Waals surface area contributed by atoms with E-state index in [2.05, 4.69) is 24.1 Å². The van der Waals surface area contributed by atoms with Crippen molar-refractivity contribution in [3.63, 3.8) is 0 Å². The van der Waals surface area contributed by atoms with Crippen molar-refractivity contribution in [3.05, 3.63) is 24.2 Å². The van der Waals surface area contributed by atoms with Crippen LogP contribution in [-0.4, -0.2) is 49.7 Å². The number of hydrogen-bond acceptors (Lipinski definition) is 3. The first kappa shape index (κ1) is 19.6. The number of nitrogens with one attached hydrogen (secondary N) is 1. The van der Waals surface area contributed by atoms with Crippen LogP contribution in [0.25, 0.3) is 0 Å². The van der Waals surface area contributed by atoms with Gasteiger partial charge in [0.2, 0.25) is 0 Å². The normalized spacial score (nSPS) is 20.5. The molecule has 0 radical (unpaired) electrons. The van der Waals surface area contributed by atoms with Gasteiger partial charge in [0.1, 0.15) is 5.76 Å². The number of likely N-dealkylation sites (tertiary alicyclic amines) is 1. The summed E-state index contributed by atoms with van der Waals surface area (Å²) in [5.74, 6) is 2.05. The average molecular weight is 447 g/mol. The van der Waals surface area contributed by atoms with Crippen LogP contribution >= 0.6 is 24.0 Å². The summed E-state index contributed by atoms with van der Waals surface area (Å²) >= 11 is 0. The summed E-state index contributed by atoms with van der Waals surface area (Å²) in [6.07, 6.45) is 6.20. The minimum absolute atomic E-state index is 0. The molecule has 0 amide bonds. The van der Waals surface area contributed by atoms with Gasteiger partial charge in [-0.1, -0.05) is 0 Å². The summed E-state index contributed by atoms with van der Waals surface area (Å²) in [5, 5.41) is 3.54. The highest BCUT2D eigenvalue weighted by Crippen LogP contribution is 2.39. The van der Waals surface area contributed by atoms with Crippen molar-refractivity contribution in [3.8, 4) is 0 Å². The van der Waals surface area contributed by atoms with Crippen LogP contribution in [-0.2, 0) is 11.2 Å². The van der Waals surface area contributed by atoms with Crippen molar-refractivity contribution in [1.29, 1.82) is 0 Å². The molecule has 1 aromatic heterocycles. The molecule has 1 spiro atoms. The number of nitrogens with zero attached hydrogens (tertiary/aromatic N) is 2. The van der Waals surface area contributed by atoms with E-state index >= 15 is 0 Å². The molecule has 0 aliphatic carbocycles. The van der Waals surface area contributed by atoms with Gasteiger partial charge in [0.05, 0.1) is 6.26 Å². The number of guanidine groups is 1. The fourth-order valence-electron chi connectivity index (χ4n) is 3.55. The van der Waals surface area contributed by atoms with E-state index in [9.17, 15) is 0 Å². The van der Waals surface area contributed by atoms with Crippen LogP contribution in [0.5, 0.6) is 0 Å². The van der Waals surface area contributed by atoms with Gasteiger partial charge in [-0.25, -0.2) is 0 Å². The Bertz CT molecular complexity index is 510. The summed E-state index contributed by atoms with van der Waals surface area (Å²) in [7, 11) is 0. The maximum atomic E-state index is 5.55. The van der Waals surface area contributed by atoms with Crippen molar-refractivity contribution < 1.29 is 9.15 Å². The molecule has 0 bridgehead atoms. The number of halogens is 1. The molecule has 0 atom stereocenters. The van der Waals surface area contributed by atoms with E-state index < -0.39 is 0 Å². The molecule has 1 aromatic rings. The van der Waals surface area contributed by atoms with Gasteiger partial charge in [0, 0.05) is 45.3 Å². The van der Waals surface area contributed by atoms with Gasteiger partial charge in [-0.2, -0.15) is 0 Å². The standard InChI is InChI=1S/C18H29N3O2.HI/c1-15(2)20-17(19-9-5-16-4-3-11-23-16)21-10-6-18(14-21)7-12-22-13-8-18;/h3-4,11,15H,5-10,12-14H2,1-2H3,(H,19,20);1H. The lowest BCUT2D eigenvalue weighted by Crippen LogP contribution is -2.45. The Morgan fingerprint density at radius 2 is 2.12 bits per heavy atom. The Morgan fingerprint density at radius 1 is 1.33 bits per heavy atom. The Kier molecular flexibility index (Phi) is 7.40. The lowest BCUT2D eigenvalue weighted by molar-refractivity contribution is 0.0217. The van der Waals surface area contributed by atoms with E-state index in [1.165, 1.54) is 19.3 Å². The number of furan rings is 1. The van der Waals surface area contributed by atoms with Crippen molar-refractivity contribution >= 4 is 29.9 Å². The molecule has 136 valence electrons. The second kappa shape index (κ2) is 9.08. The Balaban J connectivity index is 0.00000208. The number of aliphatic imine (C=N–C) groups is 1. The molecule has 3 heterocycles. The highest BCUT2D eigenvalue weighted by atomic mass is 127. The first-order valence-electron chi connectivity index (χ1n) is 8.83. The summed E-state index contributed by atoms with van der Waals surface area (Å²) in [5.41, 5.74) is 0.443. The Morgan fingerprint density at radius 3 is 2.79 bits per heavy atom. The van der Waals surface area contributed by atoms with E-state index in [4.69, 9.17) is 14.1 Å². The monoisotopic (exact) mass is 447 g/mol. The van der Waals surface area contributed by atoms with Gasteiger partial charge in [-0.05, 0) is 50.7 Å². The highest BCUT2D eigenvalue weighted by Gasteiger charge is 2.40. The minimum Gasteiger partial charge on any atom is -0.469 e. The zero-order valence-corrected chi connectivity index (χ0v) is 17.1. The van der Waals surface area contributed by atoms with Gasteiger partial charge < -0.3 is 19.4 Å². The fraction of sp³-hybridized carbons (Fsp3) is 0.722. The highest BCUT2D eigenvalue weighted by molar-refractivity contribution is 14.0. The Labute approximate surface area is 162 Å². The second-order valence-electron chi connectivity index (χ2n) is 7.12. The molecule has 6 heteroatoms. The molecular formula is C18H30IN3O2. The topological polar surface area (TPSA) is 50.0 Å². The van der Waals surface area contributed by atoms with Crippen LogP contribution in [0.1, 0.15) is 38.9 Å². The molecule has 3 rings (SSSR count). The summed E-state index contributed by atoms with van der Waals surface area (Å²) < 4.78 is 10.9. The van der Waals surface area contributed by atoms with Crippen LogP contribution in [0.3, 0.4) is 0 Å². The van der Waals surface area contributed by atoms with Gasteiger partial charge in [0.25, 0.3) is 0 Å². The molecule has 2 fully saturated rings. The minimum atomic E-state index is 0. The molecule has 5 nitrogen and oxygen atoms in total. The molecule has 0 aromatic carbocycles. The Hall–Kier alpha value is -0.760. The molecule has 0 unspecified atom stereocenters. The van der Waals surface area contributed by atoms with Crippen molar-refractivity contribution in [2.24, 2.45) is 10.4 Å². The van der Waals surface area contributed by atoms with Gasteiger partial charge >= 0.3 is 0 Å². The van der Waals surface area contributed by atoms with Crippen LogP contribution in [0.4, 0.5) is 0 Å². The zero-order chi connectivity index (χ0) is 16.1. The van der Waals surface area contributed by atoms with E-state index in [1.54, 1.807) is 6.26 Å². The van der Waals surface area contributed by atoms with Gasteiger partial charge in [-0.3, -0.25) is 4.99 Å². The molecule has 2 aliphatic heterocycles. The number of hydrogen-bond donors (Lipinski definition) is 1. The third kappa shape index (κ3) is 5.12. The average Bonchev–Trinajstić information content (AvgIpc) is 3.17. The van der Waals surface area contributed by atoms with Crippen LogP contribution in [0, 0.1) is 5.41 Å². The van der Waals surface area contributed by atoms with E-state index in [0.29, 0.717) is 11.5 Å². The maximum absolute atomic E-state index is 5.55. The molecule has 0 saturated carbocycles. The molecule has 2 saturated heterocycles. The molecule has 2 aliphatic rings. The second-order valence-corrected chi connectivity index (χ2v) is 7.12. The largest absolute Gasteiger partial charge is 0.469 e. The maximum Gasteiger partial charge on any atom is 0.194 e. The third-order valence-electron chi connectivity index (χ3n) is 4.91. The lowest BCUT2D eigenvalue weighted by Gasteiger charge is -2.34. The van der Waals surface area contributed by atoms with Crippen LogP contribution < -0.4 is 5.32 Å².